The molecule has 0 aromatic heterocycles. The molecule has 0 unspecified atom stereocenters. The topological polar surface area (TPSA) is 85.4 Å². The Labute approximate surface area is 104 Å². The quantitative estimate of drug-likeness (QED) is 0.569. The first-order valence-electron chi connectivity index (χ1n) is 5.25. The molecule has 1 rings (SSSR count). The van der Waals surface area contributed by atoms with E-state index in [-0.39, 0.29) is 6.61 Å². The molecule has 0 amide bonds. The van der Waals surface area contributed by atoms with Gasteiger partial charge in [-0.1, -0.05) is 6.07 Å². The smallest absolute Gasteiger partial charge is 0.235 e. The van der Waals surface area contributed by atoms with Crippen LogP contribution in [0.2, 0.25) is 0 Å². The molecule has 0 aliphatic carbocycles. The molecule has 6 heteroatoms. The summed E-state index contributed by atoms with van der Waals surface area (Å²) in [6.45, 7) is 2.17. The third-order valence-corrected chi connectivity index (χ3v) is 1.95. The molecular formula is C12H12N2O4. The Bertz CT molecular complexity index is 491. The highest BCUT2D eigenvalue weighted by atomic mass is 16.6. The molecule has 0 fully saturated rings. The van der Waals surface area contributed by atoms with Crippen molar-refractivity contribution in [2.24, 2.45) is 0 Å². The Morgan fingerprint density at radius 3 is 2.83 bits per heavy atom. The molecule has 0 spiro atoms. The van der Waals surface area contributed by atoms with Crippen molar-refractivity contribution in [2.45, 2.75) is 6.92 Å². The molecule has 1 aromatic rings. The third-order valence-electron chi connectivity index (χ3n) is 1.95. The summed E-state index contributed by atoms with van der Waals surface area (Å²) >= 11 is 0. The van der Waals surface area contributed by atoms with E-state index in [1.807, 2.05) is 13.0 Å². The molecule has 0 aliphatic heterocycles. The van der Waals surface area contributed by atoms with Gasteiger partial charge in [-0.2, -0.15) is 5.26 Å². The van der Waals surface area contributed by atoms with E-state index in [1.165, 1.54) is 6.08 Å². The summed E-state index contributed by atoms with van der Waals surface area (Å²) in [7, 11) is 0. The maximum atomic E-state index is 10.2. The predicted molar refractivity (Wildman–Crippen MR) is 64.7 cm³/mol. The van der Waals surface area contributed by atoms with Gasteiger partial charge in [0.2, 0.25) is 6.20 Å². The second-order valence-electron chi connectivity index (χ2n) is 3.19. The first kappa shape index (κ1) is 13.5. The maximum Gasteiger partial charge on any atom is 0.235 e. The third kappa shape index (κ3) is 4.14. The van der Waals surface area contributed by atoms with Crippen molar-refractivity contribution in [1.29, 1.82) is 5.26 Å². The molecule has 0 radical (unpaired) electrons. The lowest BCUT2D eigenvalue weighted by atomic mass is 10.2. The minimum atomic E-state index is -0.541. The molecule has 0 saturated carbocycles. The summed E-state index contributed by atoms with van der Waals surface area (Å²) in [6, 6.07) is 6.74. The SMILES string of the molecule is CCOc1cc(/C=C/[N+](=O)[O-])ccc1OCC#N. The van der Waals surface area contributed by atoms with E-state index in [2.05, 4.69) is 0 Å². The Hall–Kier alpha value is -2.55. The van der Waals surface area contributed by atoms with Gasteiger partial charge in [-0.05, 0) is 24.6 Å². The zero-order valence-corrected chi connectivity index (χ0v) is 9.83. The highest BCUT2D eigenvalue weighted by Gasteiger charge is 2.05. The zero-order valence-electron chi connectivity index (χ0n) is 9.83. The van der Waals surface area contributed by atoms with Crippen LogP contribution in [0, 0.1) is 21.4 Å². The number of benzene rings is 1. The molecule has 0 heterocycles. The Balaban J connectivity index is 2.95. The van der Waals surface area contributed by atoms with Crippen LogP contribution in [0.3, 0.4) is 0 Å². The largest absolute Gasteiger partial charge is 0.490 e. The van der Waals surface area contributed by atoms with Crippen LogP contribution in [0.25, 0.3) is 6.08 Å². The molecule has 0 saturated heterocycles. The van der Waals surface area contributed by atoms with Gasteiger partial charge in [-0.3, -0.25) is 10.1 Å². The van der Waals surface area contributed by atoms with Crippen molar-refractivity contribution >= 4 is 6.08 Å². The molecule has 6 nitrogen and oxygen atoms in total. The van der Waals surface area contributed by atoms with Crippen LogP contribution in [0.1, 0.15) is 12.5 Å². The van der Waals surface area contributed by atoms with E-state index in [0.29, 0.717) is 23.7 Å². The lowest BCUT2D eigenvalue weighted by Crippen LogP contribution is -1.99. The molecule has 0 atom stereocenters. The summed E-state index contributed by atoms with van der Waals surface area (Å²) in [4.78, 5) is 9.68. The molecule has 18 heavy (non-hydrogen) atoms. The van der Waals surface area contributed by atoms with E-state index in [4.69, 9.17) is 14.7 Å². The maximum absolute atomic E-state index is 10.2. The lowest BCUT2D eigenvalue weighted by Gasteiger charge is -2.10. The Morgan fingerprint density at radius 2 is 2.22 bits per heavy atom. The van der Waals surface area contributed by atoms with Gasteiger partial charge in [-0.15, -0.1) is 0 Å². The summed E-state index contributed by atoms with van der Waals surface area (Å²) in [5.41, 5.74) is 0.624. The normalized spacial score (nSPS) is 10.0. The van der Waals surface area contributed by atoms with Gasteiger partial charge >= 0.3 is 0 Å². The molecule has 0 aliphatic rings. The first-order chi connectivity index (χ1) is 8.67. The number of nitro groups is 1. The molecule has 0 N–H and O–H groups in total. The van der Waals surface area contributed by atoms with E-state index in [9.17, 15) is 10.1 Å². The lowest BCUT2D eigenvalue weighted by molar-refractivity contribution is -0.400. The highest BCUT2D eigenvalue weighted by Crippen LogP contribution is 2.28. The average Bonchev–Trinajstić information content (AvgIpc) is 2.35. The van der Waals surface area contributed by atoms with Crippen LogP contribution in [-0.4, -0.2) is 18.1 Å². The summed E-state index contributed by atoms with van der Waals surface area (Å²) in [6.07, 6.45) is 2.21. The molecule has 0 bridgehead atoms. The predicted octanol–water partition coefficient (Wildman–Crippen LogP) is 2.24. The van der Waals surface area contributed by atoms with Gasteiger partial charge in [0.1, 0.15) is 6.07 Å². The fourth-order valence-electron chi connectivity index (χ4n) is 1.27. The Kier molecular flexibility index (Phi) is 5.19. The van der Waals surface area contributed by atoms with Gasteiger partial charge in [0.05, 0.1) is 11.5 Å². The van der Waals surface area contributed by atoms with Crippen molar-refractivity contribution in [3.63, 3.8) is 0 Å². The van der Waals surface area contributed by atoms with Crippen LogP contribution in [0.5, 0.6) is 11.5 Å². The standard InChI is InChI=1S/C12H12N2O4/c1-2-17-12-9-10(5-7-14(15)16)3-4-11(12)18-8-6-13/h3-5,7,9H,2,8H2,1H3/b7-5+. The van der Waals surface area contributed by atoms with Crippen molar-refractivity contribution in [3.8, 4) is 17.6 Å². The first-order valence-corrected chi connectivity index (χ1v) is 5.25. The van der Waals surface area contributed by atoms with Gasteiger partial charge < -0.3 is 9.47 Å². The van der Waals surface area contributed by atoms with Gasteiger partial charge in [-0.25, -0.2) is 0 Å². The fourth-order valence-corrected chi connectivity index (χ4v) is 1.27. The number of hydrogen-bond acceptors (Lipinski definition) is 5. The van der Waals surface area contributed by atoms with E-state index >= 15 is 0 Å². The fraction of sp³-hybridized carbons (Fsp3) is 0.250. The molecule has 94 valence electrons. The number of ether oxygens (including phenoxy) is 2. The van der Waals surface area contributed by atoms with Crippen molar-refractivity contribution in [2.75, 3.05) is 13.2 Å². The van der Waals surface area contributed by atoms with Gasteiger partial charge in [0, 0.05) is 6.08 Å². The second-order valence-corrected chi connectivity index (χ2v) is 3.19. The van der Waals surface area contributed by atoms with Gasteiger partial charge in [0.25, 0.3) is 0 Å². The molecule has 1 aromatic carbocycles. The van der Waals surface area contributed by atoms with Crippen LogP contribution in [0.15, 0.2) is 24.4 Å². The van der Waals surface area contributed by atoms with Crippen molar-refractivity contribution in [3.05, 3.63) is 40.1 Å². The zero-order chi connectivity index (χ0) is 13.4. The van der Waals surface area contributed by atoms with Crippen molar-refractivity contribution < 1.29 is 14.4 Å². The summed E-state index contributed by atoms with van der Waals surface area (Å²) < 4.78 is 10.5. The van der Waals surface area contributed by atoms with Gasteiger partial charge in [0.15, 0.2) is 18.1 Å². The van der Waals surface area contributed by atoms with E-state index in [0.717, 1.165) is 6.20 Å². The highest BCUT2D eigenvalue weighted by molar-refractivity contribution is 5.55. The minimum absolute atomic E-state index is 0.0792. The summed E-state index contributed by atoms with van der Waals surface area (Å²) in [5, 5.41) is 18.7. The van der Waals surface area contributed by atoms with E-state index < -0.39 is 4.92 Å². The number of nitrogens with zero attached hydrogens (tertiary/aromatic N) is 2. The average molecular weight is 248 g/mol. The van der Waals surface area contributed by atoms with Crippen molar-refractivity contribution in [1.82, 2.24) is 0 Å². The van der Waals surface area contributed by atoms with Crippen LogP contribution >= 0.6 is 0 Å². The van der Waals surface area contributed by atoms with Crippen LogP contribution in [-0.2, 0) is 0 Å². The number of rotatable bonds is 6. The number of hydrogen-bond donors (Lipinski definition) is 0. The van der Waals surface area contributed by atoms with E-state index in [1.54, 1.807) is 18.2 Å². The Morgan fingerprint density at radius 1 is 1.44 bits per heavy atom. The molecular weight excluding hydrogens is 236 g/mol. The van der Waals surface area contributed by atoms with Crippen LogP contribution < -0.4 is 9.47 Å². The number of nitriles is 1. The summed E-state index contributed by atoms with van der Waals surface area (Å²) in [5.74, 6) is 0.898. The monoisotopic (exact) mass is 248 g/mol. The second kappa shape index (κ2) is 6.91. The minimum Gasteiger partial charge on any atom is -0.490 e. The van der Waals surface area contributed by atoms with Crippen LogP contribution in [0.4, 0.5) is 0 Å².